The van der Waals surface area contributed by atoms with Gasteiger partial charge in [0.25, 0.3) is 0 Å². The molecule has 1 aliphatic rings. The fourth-order valence-corrected chi connectivity index (χ4v) is 3.85. The first-order valence-corrected chi connectivity index (χ1v) is 11.2. The summed E-state index contributed by atoms with van der Waals surface area (Å²) in [7, 11) is 0. The Labute approximate surface area is 196 Å². The van der Waals surface area contributed by atoms with Crippen molar-refractivity contribution in [3.05, 3.63) is 46.0 Å². The predicted molar refractivity (Wildman–Crippen MR) is 122 cm³/mol. The molecule has 0 saturated heterocycles. The van der Waals surface area contributed by atoms with E-state index in [0.717, 1.165) is 0 Å². The van der Waals surface area contributed by atoms with E-state index in [0.29, 0.717) is 46.4 Å². The molecule has 1 heterocycles. The van der Waals surface area contributed by atoms with E-state index in [1.807, 2.05) is 6.92 Å². The van der Waals surface area contributed by atoms with Crippen LogP contribution in [0.15, 0.2) is 24.4 Å². The summed E-state index contributed by atoms with van der Waals surface area (Å²) in [6.07, 6.45) is 2.59. The van der Waals surface area contributed by atoms with Gasteiger partial charge in [-0.05, 0) is 44.9 Å². The van der Waals surface area contributed by atoms with Crippen LogP contribution in [0.1, 0.15) is 52.3 Å². The third-order valence-corrected chi connectivity index (χ3v) is 5.81. The molecule has 1 aromatic carbocycles. The highest BCUT2D eigenvalue weighted by molar-refractivity contribution is 6.36. The van der Waals surface area contributed by atoms with Crippen molar-refractivity contribution in [2.45, 2.75) is 52.1 Å². The lowest BCUT2D eigenvalue weighted by atomic mass is 10.0. The van der Waals surface area contributed by atoms with Gasteiger partial charge in [0.15, 0.2) is 0 Å². The molecule has 3 rings (SSSR count). The van der Waals surface area contributed by atoms with Crippen LogP contribution in [0.25, 0.3) is 11.1 Å². The largest absolute Gasteiger partial charge is 0.492 e. The van der Waals surface area contributed by atoms with E-state index in [4.69, 9.17) is 27.9 Å². The zero-order valence-electron chi connectivity index (χ0n) is 18.4. The van der Waals surface area contributed by atoms with Crippen LogP contribution < -0.4 is 15.4 Å². The van der Waals surface area contributed by atoms with Crippen LogP contribution in [0, 0.1) is 11.7 Å². The Bertz CT molecular complexity index is 1040. The maximum atomic E-state index is 15.0. The van der Waals surface area contributed by atoms with Gasteiger partial charge in [0.2, 0.25) is 11.8 Å². The van der Waals surface area contributed by atoms with Crippen LogP contribution in [0.5, 0.6) is 5.75 Å². The van der Waals surface area contributed by atoms with E-state index in [2.05, 4.69) is 15.6 Å². The van der Waals surface area contributed by atoms with Gasteiger partial charge in [0.1, 0.15) is 17.1 Å². The second kappa shape index (κ2) is 9.63. The lowest BCUT2D eigenvalue weighted by Gasteiger charge is -2.22. The van der Waals surface area contributed by atoms with Gasteiger partial charge in [-0.1, -0.05) is 37.0 Å². The van der Waals surface area contributed by atoms with E-state index in [9.17, 15) is 14.0 Å². The van der Waals surface area contributed by atoms with Gasteiger partial charge in [-0.15, -0.1) is 0 Å². The van der Waals surface area contributed by atoms with Crippen molar-refractivity contribution in [3.8, 4) is 16.9 Å². The summed E-state index contributed by atoms with van der Waals surface area (Å²) in [5.74, 6) is -0.963. The fraction of sp³-hybridized carbons (Fsp3) is 0.435. The van der Waals surface area contributed by atoms with Gasteiger partial charge in [0.05, 0.1) is 23.4 Å². The van der Waals surface area contributed by atoms with Gasteiger partial charge in [-0.3, -0.25) is 14.6 Å². The molecule has 0 aliphatic heterocycles. The molecule has 0 radical (unpaired) electrons. The number of halogens is 3. The summed E-state index contributed by atoms with van der Waals surface area (Å²) in [4.78, 5) is 29.0. The van der Waals surface area contributed by atoms with E-state index in [-0.39, 0.29) is 23.4 Å². The molecule has 6 nitrogen and oxygen atoms in total. The van der Waals surface area contributed by atoms with Crippen molar-refractivity contribution < 1.29 is 18.7 Å². The van der Waals surface area contributed by atoms with E-state index in [1.165, 1.54) is 12.3 Å². The number of benzene rings is 1. The zero-order valence-corrected chi connectivity index (χ0v) is 19.9. The van der Waals surface area contributed by atoms with E-state index >= 15 is 0 Å². The number of pyridine rings is 1. The number of nitrogens with one attached hydrogen (secondary N) is 2. The lowest BCUT2D eigenvalue weighted by molar-refractivity contribution is -0.131. The number of amides is 2. The molecule has 1 atom stereocenters. The van der Waals surface area contributed by atoms with E-state index < -0.39 is 17.4 Å². The zero-order chi connectivity index (χ0) is 23.6. The molecule has 32 heavy (non-hydrogen) atoms. The first-order valence-electron chi connectivity index (χ1n) is 10.5. The van der Waals surface area contributed by atoms with Crippen LogP contribution in [0.3, 0.4) is 0 Å². The number of carbonyl (C=O) groups excluding carboxylic acids is 2. The van der Waals surface area contributed by atoms with E-state index in [1.54, 1.807) is 32.9 Å². The van der Waals surface area contributed by atoms with Crippen LogP contribution in [0.4, 0.5) is 4.39 Å². The molecule has 2 N–H and O–H groups in total. The SMILES string of the molecule is CCOc1c(Cl)cc(Cl)cc1-c1cnc([C@@H](C)NC(=O)C2(NC(=O)C(C)C)CC2)c(F)c1. The molecular formula is C23H26Cl2FN3O3. The Kier molecular flexibility index (Phi) is 7.30. The van der Waals surface area contributed by atoms with Gasteiger partial charge in [-0.2, -0.15) is 0 Å². The highest BCUT2D eigenvalue weighted by Crippen LogP contribution is 2.40. The number of hydrogen-bond acceptors (Lipinski definition) is 4. The van der Waals surface area contributed by atoms with Gasteiger partial charge < -0.3 is 15.4 Å². The van der Waals surface area contributed by atoms with Gasteiger partial charge in [0, 0.05) is 28.3 Å². The van der Waals surface area contributed by atoms with Crippen LogP contribution >= 0.6 is 23.2 Å². The van der Waals surface area contributed by atoms with Crippen LogP contribution in [0.2, 0.25) is 10.0 Å². The minimum absolute atomic E-state index is 0.0826. The molecule has 9 heteroatoms. The standard InChI is InChI=1S/C23H26Cl2FN3O3/c1-5-32-20-16(9-15(24)10-17(20)25)14-8-18(26)19(27-11-14)13(4)28-22(31)23(6-7-23)29-21(30)12(2)3/h8-13H,5-7H2,1-4H3,(H,28,31)(H,29,30)/t13-/m1/s1. The quantitative estimate of drug-likeness (QED) is 0.550. The monoisotopic (exact) mass is 481 g/mol. The summed E-state index contributed by atoms with van der Waals surface area (Å²) < 4.78 is 20.6. The summed E-state index contributed by atoms with van der Waals surface area (Å²) in [6.45, 7) is 7.36. The van der Waals surface area contributed by atoms with Crippen molar-refractivity contribution in [3.63, 3.8) is 0 Å². The molecule has 172 valence electrons. The molecule has 1 aliphatic carbocycles. The summed E-state index contributed by atoms with van der Waals surface area (Å²) in [6, 6.07) is 3.80. The number of carbonyl (C=O) groups is 2. The highest BCUT2D eigenvalue weighted by atomic mass is 35.5. The number of ether oxygens (including phenoxy) is 1. The smallest absolute Gasteiger partial charge is 0.246 e. The lowest BCUT2D eigenvalue weighted by Crippen LogP contribution is -2.50. The Hall–Kier alpha value is -2.38. The van der Waals surface area contributed by atoms with Crippen molar-refractivity contribution >= 4 is 35.0 Å². The number of aromatic nitrogens is 1. The normalized spacial score (nSPS) is 15.2. The Morgan fingerprint density at radius 1 is 1.22 bits per heavy atom. The van der Waals surface area contributed by atoms with Gasteiger partial charge >= 0.3 is 0 Å². The van der Waals surface area contributed by atoms with Crippen molar-refractivity contribution in [1.29, 1.82) is 0 Å². The number of rotatable bonds is 8. The summed E-state index contributed by atoms with van der Waals surface area (Å²) >= 11 is 12.4. The molecule has 0 spiro atoms. The van der Waals surface area contributed by atoms with Crippen LogP contribution in [-0.2, 0) is 9.59 Å². The first kappa shape index (κ1) is 24.3. The molecule has 1 aromatic heterocycles. The predicted octanol–water partition coefficient (Wildman–Crippen LogP) is 5.08. The summed E-state index contributed by atoms with van der Waals surface area (Å²) in [5, 5.41) is 6.27. The fourth-order valence-electron chi connectivity index (χ4n) is 3.30. The average Bonchev–Trinajstić information content (AvgIpc) is 3.50. The minimum atomic E-state index is -0.921. The third kappa shape index (κ3) is 5.15. The molecule has 0 unspecified atom stereocenters. The second-order valence-corrected chi connectivity index (χ2v) is 9.05. The van der Waals surface area contributed by atoms with Crippen LogP contribution in [-0.4, -0.2) is 28.9 Å². The van der Waals surface area contributed by atoms with Gasteiger partial charge in [-0.25, -0.2) is 4.39 Å². The number of hydrogen-bond donors (Lipinski definition) is 2. The Morgan fingerprint density at radius 3 is 2.47 bits per heavy atom. The van der Waals surface area contributed by atoms with Crippen molar-refractivity contribution in [1.82, 2.24) is 15.6 Å². The summed E-state index contributed by atoms with van der Waals surface area (Å²) in [5.41, 5.74) is 0.127. The highest BCUT2D eigenvalue weighted by Gasteiger charge is 2.51. The molecule has 0 bridgehead atoms. The Balaban J connectivity index is 1.80. The maximum absolute atomic E-state index is 15.0. The Morgan fingerprint density at radius 2 is 1.91 bits per heavy atom. The molecule has 1 fully saturated rings. The number of nitrogens with zero attached hydrogens (tertiary/aromatic N) is 1. The third-order valence-electron chi connectivity index (χ3n) is 5.31. The molecule has 2 amide bonds. The second-order valence-electron chi connectivity index (χ2n) is 8.21. The van der Waals surface area contributed by atoms with Crippen molar-refractivity contribution in [2.75, 3.05) is 6.61 Å². The molecule has 2 aromatic rings. The molecule has 1 saturated carbocycles. The minimum Gasteiger partial charge on any atom is -0.492 e. The van der Waals surface area contributed by atoms with Crippen molar-refractivity contribution in [2.24, 2.45) is 5.92 Å². The molecular weight excluding hydrogens is 456 g/mol. The average molecular weight is 482 g/mol. The topological polar surface area (TPSA) is 80.3 Å². The first-order chi connectivity index (χ1) is 15.1. The maximum Gasteiger partial charge on any atom is 0.246 e.